The zero-order valence-electron chi connectivity index (χ0n) is 22.8. The van der Waals surface area contributed by atoms with Gasteiger partial charge in [0.2, 0.25) is 0 Å². The van der Waals surface area contributed by atoms with Gasteiger partial charge in [0.15, 0.2) is 6.61 Å². The fourth-order valence-corrected chi connectivity index (χ4v) is 5.28. The van der Waals surface area contributed by atoms with E-state index in [0.29, 0.717) is 49.2 Å². The molecule has 214 valence electrons. The number of amides is 2. The van der Waals surface area contributed by atoms with Crippen LogP contribution >= 0.6 is 0 Å². The zero-order chi connectivity index (χ0) is 27.3. The highest BCUT2D eigenvalue weighted by molar-refractivity contribution is 5.95. The van der Waals surface area contributed by atoms with Crippen LogP contribution in [-0.2, 0) is 16.1 Å². The molecule has 0 unspecified atom stereocenters. The predicted molar refractivity (Wildman–Crippen MR) is 148 cm³/mol. The lowest BCUT2D eigenvalue weighted by Gasteiger charge is -2.28. The Hall–Kier alpha value is -3.34. The number of ether oxygens (including phenoxy) is 4. The van der Waals surface area contributed by atoms with E-state index in [4.69, 9.17) is 18.9 Å². The van der Waals surface area contributed by atoms with E-state index in [9.17, 15) is 9.59 Å². The van der Waals surface area contributed by atoms with Crippen molar-refractivity contribution < 1.29 is 28.5 Å². The van der Waals surface area contributed by atoms with Crippen LogP contribution in [0.3, 0.4) is 0 Å². The topological polar surface area (TPSA) is 102 Å². The summed E-state index contributed by atoms with van der Waals surface area (Å²) in [5.74, 6) is 1.82. The quantitative estimate of drug-likeness (QED) is 0.561. The van der Waals surface area contributed by atoms with Crippen LogP contribution in [0.25, 0.3) is 0 Å². The van der Waals surface area contributed by atoms with Crippen molar-refractivity contribution in [1.29, 1.82) is 0 Å². The number of fused-ring (bicyclic) bond motifs is 7. The first-order valence-corrected chi connectivity index (χ1v) is 14.3. The summed E-state index contributed by atoms with van der Waals surface area (Å²) >= 11 is 0. The van der Waals surface area contributed by atoms with Gasteiger partial charge in [0.1, 0.15) is 23.4 Å². The molecule has 10 heteroatoms. The molecule has 2 aromatic carbocycles. The third-order valence-electron chi connectivity index (χ3n) is 7.89. The maximum absolute atomic E-state index is 13.6. The Labute approximate surface area is 234 Å². The summed E-state index contributed by atoms with van der Waals surface area (Å²) in [6, 6.07) is 12.7. The third-order valence-corrected chi connectivity index (χ3v) is 7.89. The SMILES string of the molecule is O=C1COc2cc(OCC3CC3)cc(c2)C(=O)N[C@H]2CN(CCN3CCOCC3)C[C@@H]2Oc2ccc(cc2)CN1. The largest absolute Gasteiger partial charge is 0.493 e. The molecule has 0 spiro atoms. The van der Waals surface area contributed by atoms with Crippen LogP contribution < -0.4 is 24.8 Å². The van der Waals surface area contributed by atoms with Gasteiger partial charge in [-0.2, -0.15) is 0 Å². The molecule has 4 heterocycles. The molecule has 3 fully saturated rings. The molecule has 40 heavy (non-hydrogen) atoms. The smallest absolute Gasteiger partial charge is 0.258 e. The van der Waals surface area contributed by atoms with E-state index in [0.717, 1.165) is 63.5 Å². The summed E-state index contributed by atoms with van der Waals surface area (Å²) in [4.78, 5) is 30.8. The van der Waals surface area contributed by atoms with Gasteiger partial charge in [0.25, 0.3) is 11.8 Å². The van der Waals surface area contributed by atoms with E-state index in [1.807, 2.05) is 24.3 Å². The maximum Gasteiger partial charge on any atom is 0.258 e. The highest BCUT2D eigenvalue weighted by Crippen LogP contribution is 2.31. The van der Waals surface area contributed by atoms with Crippen molar-refractivity contribution in [3.05, 3.63) is 53.6 Å². The molecule has 0 aromatic heterocycles. The lowest BCUT2D eigenvalue weighted by atomic mass is 10.1. The van der Waals surface area contributed by atoms with Crippen LogP contribution in [0.2, 0.25) is 0 Å². The molecule has 2 N–H and O–H groups in total. The van der Waals surface area contributed by atoms with E-state index in [-0.39, 0.29) is 30.6 Å². The Kier molecular flexibility index (Phi) is 8.36. The van der Waals surface area contributed by atoms with Crippen LogP contribution in [-0.4, -0.2) is 99.5 Å². The highest BCUT2D eigenvalue weighted by Gasteiger charge is 2.36. The highest BCUT2D eigenvalue weighted by atomic mass is 16.5. The maximum atomic E-state index is 13.6. The summed E-state index contributed by atoms with van der Waals surface area (Å²) in [6.07, 6.45) is 2.12. The molecule has 2 aromatic rings. The minimum atomic E-state index is -0.244. The molecule has 7 rings (SSSR count). The van der Waals surface area contributed by atoms with Crippen LogP contribution in [0.1, 0.15) is 28.8 Å². The number of hydrogen-bond donors (Lipinski definition) is 2. The molecule has 10 nitrogen and oxygen atoms in total. The van der Waals surface area contributed by atoms with Crippen molar-refractivity contribution in [2.24, 2.45) is 5.92 Å². The number of nitrogens with zero attached hydrogens (tertiary/aromatic N) is 2. The van der Waals surface area contributed by atoms with Crippen LogP contribution in [0.5, 0.6) is 17.2 Å². The van der Waals surface area contributed by atoms with Gasteiger partial charge in [0, 0.05) is 57.4 Å². The molecule has 2 saturated heterocycles. The number of nitrogens with one attached hydrogen (secondary N) is 2. The Balaban J connectivity index is 1.21. The Morgan fingerprint density at radius 3 is 2.52 bits per heavy atom. The van der Waals surface area contributed by atoms with Gasteiger partial charge in [-0.3, -0.25) is 19.4 Å². The normalized spacial score (nSPS) is 24.3. The number of benzene rings is 2. The van der Waals surface area contributed by atoms with Crippen molar-refractivity contribution in [3.8, 4) is 17.2 Å². The number of carbonyl (C=O) groups excluding carboxylic acids is 2. The molecule has 5 aliphatic rings. The van der Waals surface area contributed by atoms with Crippen molar-refractivity contribution in [3.63, 3.8) is 0 Å². The van der Waals surface area contributed by atoms with Crippen molar-refractivity contribution >= 4 is 11.8 Å². The lowest BCUT2D eigenvalue weighted by molar-refractivity contribution is -0.123. The number of rotatable bonds is 6. The van der Waals surface area contributed by atoms with Crippen molar-refractivity contribution in [2.45, 2.75) is 31.5 Å². The first-order valence-electron chi connectivity index (χ1n) is 14.3. The molecule has 0 radical (unpaired) electrons. The minimum Gasteiger partial charge on any atom is -0.493 e. The van der Waals surface area contributed by atoms with Gasteiger partial charge < -0.3 is 29.6 Å². The second-order valence-electron chi connectivity index (χ2n) is 11.1. The average Bonchev–Trinajstić information content (AvgIpc) is 3.74. The Bertz CT molecular complexity index is 1180. The molecular weight excluding hydrogens is 512 g/mol. The van der Waals surface area contributed by atoms with Gasteiger partial charge in [-0.05, 0) is 48.6 Å². The van der Waals surface area contributed by atoms with Crippen molar-refractivity contribution in [2.75, 3.05) is 65.7 Å². The standard InChI is InChI=1S/C30H38N4O6/c35-29-20-39-26-14-23(13-25(15-26)38-19-22-1-2-22)30(36)32-27-17-34(8-7-33-9-11-37-12-10-33)18-28(27)40-24-5-3-21(4-6-24)16-31-29/h3-6,13-15,22,27-28H,1-2,7-12,16-20H2,(H,31,35)(H,32,36)/t27-,28-/m0/s1. The van der Waals surface area contributed by atoms with Crippen LogP contribution in [0.15, 0.2) is 42.5 Å². The second-order valence-corrected chi connectivity index (χ2v) is 11.1. The third kappa shape index (κ3) is 7.24. The van der Waals surface area contributed by atoms with Gasteiger partial charge in [-0.15, -0.1) is 0 Å². The number of carbonyl (C=O) groups is 2. The van der Waals surface area contributed by atoms with Gasteiger partial charge in [-0.25, -0.2) is 0 Å². The summed E-state index contributed by atoms with van der Waals surface area (Å²) in [5, 5.41) is 6.11. The van der Waals surface area contributed by atoms with E-state index in [2.05, 4.69) is 20.4 Å². The summed E-state index contributed by atoms with van der Waals surface area (Å²) in [7, 11) is 0. The lowest BCUT2D eigenvalue weighted by Crippen LogP contribution is -2.45. The first-order chi connectivity index (χ1) is 19.6. The van der Waals surface area contributed by atoms with Gasteiger partial charge >= 0.3 is 0 Å². The summed E-state index contributed by atoms with van der Waals surface area (Å²) < 4.78 is 23.7. The van der Waals surface area contributed by atoms with Crippen LogP contribution in [0.4, 0.5) is 0 Å². The van der Waals surface area contributed by atoms with Gasteiger partial charge in [0.05, 0.1) is 25.9 Å². The Morgan fingerprint density at radius 2 is 1.73 bits per heavy atom. The first kappa shape index (κ1) is 26.9. The number of hydrogen-bond acceptors (Lipinski definition) is 8. The average molecular weight is 551 g/mol. The predicted octanol–water partition coefficient (Wildman–Crippen LogP) is 1.68. The Morgan fingerprint density at radius 1 is 0.925 bits per heavy atom. The minimum absolute atomic E-state index is 0.156. The van der Waals surface area contributed by atoms with Gasteiger partial charge in [-0.1, -0.05) is 12.1 Å². The molecule has 4 bridgehead atoms. The molecule has 1 aliphatic carbocycles. The van der Waals surface area contributed by atoms with E-state index in [1.54, 1.807) is 18.2 Å². The fourth-order valence-electron chi connectivity index (χ4n) is 5.28. The molecule has 2 amide bonds. The second kappa shape index (κ2) is 12.4. The molecule has 1 saturated carbocycles. The fraction of sp³-hybridized carbons (Fsp3) is 0.533. The molecule has 4 aliphatic heterocycles. The van der Waals surface area contributed by atoms with E-state index in [1.165, 1.54) is 0 Å². The zero-order valence-corrected chi connectivity index (χ0v) is 22.8. The summed E-state index contributed by atoms with van der Waals surface area (Å²) in [6.45, 7) is 7.55. The monoisotopic (exact) mass is 550 g/mol. The molecule has 2 atom stereocenters. The van der Waals surface area contributed by atoms with E-state index >= 15 is 0 Å². The number of morpholine rings is 1. The molecular formula is C30H38N4O6. The van der Waals surface area contributed by atoms with E-state index < -0.39 is 0 Å². The van der Waals surface area contributed by atoms with Crippen LogP contribution in [0, 0.1) is 5.92 Å². The summed E-state index contributed by atoms with van der Waals surface area (Å²) in [5.41, 5.74) is 1.40. The number of likely N-dealkylation sites (tertiary alicyclic amines) is 1. The van der Waals surface area contributed by atoms with Crippen molar-refractivity contribution in [1.82, 2.24) is 20.4 Å².